The lowest BCUT2D eigenvalue weighted by Crippen LogP contribution is -2.34. The molecule has 0 atom stereocenters. The topological polar surface area (TPSA) is 55.8 Å². The molecule has 2 aliphatic rings. The van der Waals surface area contributed by atoms with Crippen LogP contribution >= 0.6 is 0 Å². The second-order valence-electron chi connectivity index (χ2n) is 4.62. The molecule has 0 aromatic carbocycles. The first-order chi connectivity index (χ1) is 6.75. The van der Waals surface area contributed by atoms with Crippen molar-refractivity contribution in [2.24, 2.45) is 0 Å². The van der Waals surface area contributed by atoms with Crippen LogP contribution in [0.15, 0.2) is 24.3 Å². The van der Waals surface area contributed by atoms with Crippen molar-refractivity contribution < 1.29 is 19.4 Å². The lowest BCUT2D eigenvalue weighted by Gasteiger charge is -2.27. The third kappa shape index (κ3) is 1.70. The van der Waals surface area contributed by atoms with Crippen molar-refractivity contribution >= 4 is 5.97 Å². The van der Waals surface area contributed by atoms with Crippen LogP contribution in [-0.2, 0) is 14.3 Å². The maximum Gasteiger partial charge on any atom is 0.341 e. The van der Waals surface area contributed by atoms with Gasteiger partial charge in [-0.3, -0.25) is 0 Å². The summed E-state index contributed by atoms with van der Waals surface area (Å²) < 4.78 is 10.7. The number of aliphatic hydroxyl groups is 1. The highest BCUT2D eigenvalue weighted by molar-refractivity contribution is 5.81. The standard InChI is InChI=1S/C11H14O4/c1-9(2)8(12)14-11(15-9)6-4-10(3,13)5-7-11/h4-7,13H,1-3H3. The summed E-state index contributed by atoms with van der Waals surface area (Å²) in [6, 6.07) is 0. The zero-order valence-corrected chi connectivity index (χ0v) is 8.98. The molecule has 1 aliphatic heterocycles. The Morgan fingerprint density at radius 1 is 1.13 bits per heavy atom. The van der Waals surface area contributed by atoms with E-state index in [2.05, 4.69) is 0 Å². The molecule has 4 heteroatoms. The molecule has 0 unspecified atom stereocenters. The molecule has 1 heterocycles. The first-order valence-electron chi connectivity index (χ1n) is 4.82. The molecule has 1 fully saturated rings. The van der Waals surface area contributed by atoms with Gasteiger partial charge in [0.15, 0.2) is 5.60 Å². The minimum absolute atomic E-state index is 0.404. The van der Waals surface area contributed by atoms with E-state index in [0.717, 1.165) is 0 Å². The number of hydrogen-bond acceptors (Lipinski definition) is 4. The fraction of sp³-hybridized carbons (Fsp3) is 0.545. The van der Waals surface area contributed by atoms with E-state index in [0.29, 0.717) is 0 Å². The summed E-state index contributed by atoms with van der Waals surface area (Å²) in [5.41, 5.74) is -1.95. The average Bonchev–Trinajstić information content (AvgIpc) is 2.31. The Bertz CT molecular complexity index is 347. The predicted molar refractivity (Wildman–Crippen MR) is 52.9 cm³/mol. The Balaban J connectivity index is 2.28. The van der Waals surface area contributed by atoms with Gasteiger partial charge in [0.2, 0.25) is 0 Å². The van der Waals surface area contributed by atoms with E-state index in [1.807, 2.05) is 0 Å². The SMILES string of the molecule is CC1(O)C=CC2(C=C1)OC(=O)C(C)(C)O2. The van der Waals surface area contributed by atoms with E-state index >= 15 is 0 Å². The third-order valence-corrected chi connectivity index (χ3v) is 2.46. The van der Waals surface area contributed by atoms with E-state index < -0.39 is 23.0 Å². The Morgan fingerprint density at radius 3 is 2.07 bits per heavy atom. The smallest absolute Gasteiger partial charge is 0.341 e. The summed E-state index contributed by atoms with van der Waals surface area (Å²) in [5, 5.41) is 9.64. The van der Waals surface area contributed by atoms with Crippen molar-refractivity contribution in [3.63, 3.8) is 0 Å². The minimum atomic E-state index is -1.14. The van der Waals surface area contributed by atoms with Gasteiger partial charge in [-0.1, -0.05) is 0 Å². The zero-order chi connectivity index (χ0) is 11.3. The molecule has 0 aromatic heterocycles. The number of hydrogen-bond donors (Lipinski definition) is 1. The normalized spacial score (nSPS) is 42.3. The highest BCUT2D eigenvalue weighted by Gasteiger charge is 2.51. The fourth-order valence-electron chi connectivity index (χ4n) is 1.55. The van der Waals surface area contributed by atoms with Crippen LogP contribution < -0.4 is 0 Å². The maximum absolute atomic E-state index is 11.5. The van der Waals surface area contributed by atoms with Crippen LogP contribution in [0.2, 0.25) is 0 Å². The van der Waals surface area contributed by atoms with Crippen molar-refractivity contribution in [1.82, 2.24) is 0 Å². The molecular formula is C11H14O4. The molecule has 1 N–H and O–H groups in total. The monoisotopic (exact) mass is 210 g/mol. The third-order valence-electron chi connectivity index (χ3n) is 2.46. The van der Waals surface area contributed by atoms with E-state index in [9.17, 15) is 9.90 Å². The van der Waals surface area contributed by atoms with Crippen molar-refractivity contribution in [3.05, 3.63) is 24.3 Å². The van der Waals surface area contributed by atoms with Crippen LogP contribution in [-0.4, -0.2) is 28.1 Å². The molecule has 1 aliphatic carbocycles. The van der Waals surface area contributed by atoms with E-state index in [-0.39, 0.29) is 0 Å². The van der Waals surface area contributed by atoms with Crippen molar-refractivity contribution in [1.29, 1.82) is 0 Å². The highest BCUT2D eigenvalue weighted by atomic mass is 16.8. The summed E-state index contributed by atoms with van der Waals surface area (Å²) in [7, 11) is 0. The van der Waals surface area contributed by atoms with Crippen LogP contribution in [0.3, 0.4) is 0 Å². The number of esters is 1. The Labute approximate surface area is 88.2 Å². The lowest BCUT2D eigenvalue weighted by molar-refractivity contribution is -0.148. The van der Waals surface area contributed by atoms with Gasteiger partial charge in [-0.15, -0.1) is 0 Å². The first-order valence-corrected chi connectivity index (χ1v) is 4.82. The van der Waals surface area contributed by atoms with Crippen molar-refractivity contribution in [3.8, 4) is 0 Å². The van der Waals surface area contributed by atoms with Gasteiger partial charge in [-0.25, -0.2) is 4.79 Å². The zero-order valence-electron chi connectivity index (χ0n) is 8.98. The van der Waals surface area contributed by atoms with E-state index in [4.69, 9.17) is 9.47 Å². The minimum Gasteiger partial charge on any atom is -0.423 e. The van der Waals surface area contributed by atoms with Gasteiger partial charge in [-0.2, -0.15) is 0 Å². The van der Waals surface area contributed by atoms with Crippen molar-refractivity contribution in [2.75, 3.05) is 0 Å². The van der Waals surface area contributed by atoms with Crippen molar-refractivity contribution in [2.45, 2.75) is 37.8 Å². The summed E-state index contributed by atoms with van der Waals surface area (Å²) in [4.78, 5) is 11.5. The van der Waals surface area contributed by atoms with Gasteiger partial charge in [0, 0.05) is 0 Å². The summed E-state index contributed by atoms with van der Waals surface area (Å²) >= 11 is 0. The fourth-order valence-corrected chi connectivity index (χ4v) is 1.55. The summed E-state index contributed by atoms with van der Waals surface area (Å²) in [6.45, 7) is 4.94. The quantitative estimate of drug-likeness (QED) is 0.477. The summed E-state index contributed by atoms with van der Waals surface area (Å²) in [5.74, 6) is -1.54. The Morgan fingerprint density at radius 2 is 1.67 bits per heavy atom. The second-order valence-corrected chi connectivity index (χ2v) is 4.62. The van der Waals surface area contributed by atoms with Crippen LogP contribution in [0.5, 0.6) is 0 Å². The molecule has 2 rings (SSSR count). The lowest BCUT2D eigenvalue weighted by atomic mass is 9.97. The van der Waals surface area contributed by atoms with Gasteiger partial charge < -0.3 is 14.6 Å². The first kappa shape index (κ1) is 10.4. The molecule has 0 saturated carbocycles. The Kier molecular flexibility index (Phi) is 1.88. The van der Waals surface area contributed by atoms with Crippen LogP contribution in [0, 0.1) is 0 Å². The molecular weight excluding hydrogens is 196 g/mol. The number of ether oxygens (including phenoxy) is 2. The molecule has 82 valence electrons. The number of carbonyl (C=O) groups excluding carboxylic acids is 1. The van der Waals surface area contributed by atoms with Crippen LogP contribution in [0.25, 0.3) is 0 Å². The largest absolute Gasteiger partial charge is 0.423 e. The molecule has 1 saturated heterocycles. The van der Waals surface area contributed by atoms with Gasteiger partial charge >= 0.3 is 5.97 Å². The van der Waals surface area contributed by atoms with Gasteiger partial charge in [0.1, 0.15) is 0 Å². The van der Waals surface area contributed by atoms with Crippen LogP contribution in [0.1, 0.15) is 20.8 Å². The van der Waals surface area contributed by atoms with E-state index in [1.54, 1.807) is 45.1 Å². The maximum atomic E-state index is 11.5. The highest BCUT2D eigenvalue weighted by Crippen LogP contribution is 2.37. The average molecular weight is 210 g/mol. The molecule has 4 nitrogen and oxygen atoms in total. The second kappa shape index (κ2) is 2.71. The molecule has 0 radical (unpaired) electrons. The molecule has 1 spiro atoms. The van der Waals surface area contributed by atoms with Gasteiger partial charge in [-0.05, 0) is 45.1 Å². The van der Waals surface area contributed by atoms with Gasteiger partial charge in [0.25, 0.3) is 5.79 Å². The molecule has 15 heavy (non-hydrogen) atoms. The Hall–Kier alpha value is -1.13. The molecule has 0 amide bonds. The molecule has 0 bridgehead atoms. The van der Waals surface area contributed by atoms with Crippen LogP contribution in [0.4, 0.5) is 0 Å². The molecule has 0 aromatic rings. The predicted octanol–water partition coefficient (Wildman–Crippen LogP) is 0.912. The summed E-state index contributed by atoms with van der Waals surface area (Å²) in [6.07, 6.45) is 6.20. The van der Waals surface area contributed by atoms with E-state index in [1.165, 1.54) is 0 Å². The number of rotatable bonds is 0. The van der Waals surface area contributed by atoms with Gasteiger partial charge in [0.05, 0.1) is 5.60 Å². The number of carbonyl (C=O) groups is 1.